The molecule has 2 N–H and O–H groups in total. The largest absolute Gasteiger partial charge is 0.481 e. The standard InChI is InChI=1S/C16H20BrNO5/c1-10(2)9-14(13(19)7-8-15(20)21)23-16(22)18-12-5-3-11(17)4-6-12/h3-6,10,14H,7-9H2,1-2H3,(H,18,22)(H,20,21)/t14-/m0/s1. The number of aliphatic carboxylic acids is 1. The van der Waals surface area contributed by atoms with Crippen LogP contribution in [0.2, 0.25) is 0 Å². The zero-order valence-corrected chi connectivity index (χ0v) is 14.6. The fourth-order valence-electron chi connectivity index (χ4n) is 1.87. The van der Waals surface area contributed by atoms with Gasteiger partial charge in [-0.05, 0) is 36.6 Å². The molecule has 0 bridgehead atoms. The van der Waals surface area contributed by atoms with Crippen molar-refractivity contribution < 1.29 is 24.2 Å². The van der Waals surface area contributed by atoms with E-state index >= 15 is 0 Å². The van der Waals surface area contributed by atoms with E-state index in [1.165, 1.54) is 0 Å². The Bertz CT molecular complexity index is 556. The van der Waals surface area contributed by atoms with E-state index in [9.17, 15) is 14.4 Å². The second-order valence-corrected chi connectivity index (χ2v) is 6.43. The Morgan fingerprint density at radius 2 is 1.78 bits per heavy atom. The number of carboxylic acid groups (broad SMARTS) is 1. The number of nitrogens with one attached hydrogen (secondary N) is 1. The van der Waals surface area contributed by atoms with Crippen LogP contribution >= 0.6 is 15.9 Å². The van der Waals surface area contributed by atoms with Gasteiger partial charge in [-0.25, -0.2) is 4.79 Å². The minimum atomic E-state index is -1.05. The number of amides is 1. The van der Waals surface area contributed by atoms with Gasteiger partial charge in [0.05, 0.1) is 6.42 Å². The highest BCUT2D eigenvalue weighted by molar-refractivity contribution is 9.10. The quantitative estimate of drug-likeness (QED) is 0.708. The molecule has 1 atom stereocenters. The van der Waals surface area contributed by atoms with E-state index in [1.54, 1.807) is 24.3 Å². The van der Waals surface area contributed by atoms with Crippen LogP contribution in [0.5, 0.6) is 0 Å². The lowest BCUT2D eigenvalue weighted by Gasteiger charge is -2.18. The zero-order chi connectivity index (χ0) is 17.4. The molecule has 0 aliphatic rings. The van der Waals surface area contributed by atoms with Crippen LogP contribution in [0.4, 0.5) is 10.5 Å². The highest BCUT2D eigenvalue weighted by Crippen LogP contribution is 2.16. The number of benzene rings is 1. The van der Waals surface area contributed by atoms with Gasteiger partial charge in [-0.2, -0.15) is 0 Å². The molecule has 0 heterocycles. The minimum Gasteiger partial charge on any atom is -0.481 e. The molecule has 0 aromatic heterocycles. The number of rotatable bonds is 8. The average Bonchev–Trinajstić information content (AvgIpc) is 2.46. The first-order valence-electron chi connectivity index (χ1n) is 7.25. The zero-order valence-electron chi connectivity index (χ0n) is 13.0. The van der Waals surface area contributed by atoms with E-state index in [2.05, 4.69) is 21.2 Å². The molecule has 7 heteroatoms. The molecule has 1 amide bonds. The highest BCUT2D eigenvalue weighted by Gasteiger charge is 2.24. The van der Waals surface area contributed by atoms with Gasteiger partial charge in [0, 0.05) is 16.6 Å². The van der Waals surface area contributed by atoms with Crippen molar-refractivity contribution in [3.63, 3.8) is 0 Å². The second-order valence-electron chi connectivity index (χ2n) is 5.52. The van der Waals surface area contributed by atoms with E-state index in [1.807, 2.05) is 13.8 Å². The first-order valence-corrected chi connectivity index (χ1v) is 8.05. The van der Waals surface area contributed by atoms with Gasteiger partial charge in [0.1, 0.15) is 0 Å². The molecule has 0 radical (unpaired) electrons. The summed E-state index contributed by atoms with van der Waals surface area (Å²) in [5.74, 6) is -1.30. The number of carbonyl (C=O) groups is 3. The Labute approximate surface area is 143 Å². The number of anilines is 1. The summed E-state index contributed by atoms with van der Waals surface area (Å²) in [6.45, 7) is 3.79. The normalized spacial score (nSPS) is 11.8. The van der Waals surface area contributed by atoms with E-state index < -0.39 is 18.2 Å². The lowest BCUT2D eigenvalue weighted by Crippen LogP contribution is -2.31. The number of hydrogen-bond acceptors (Lipinski definition) is 4. The summed E-state index contributed by atoms with van der Waals surface area (Å²) in [6, 6.07) is 6.91. The Morgan fingerprint density at radius 3 is 2.30 bits per heavy atom. The van der Waals surface area contributed by atoms with Crippen molar-refractivity contribution in [2.24, 2.45) is 5.92 Å². The molecule has 126 valence electrons. The van der Waals surface area contributed by atoms with Crippen molar-refractivity contribution in [2.75, 3.05) is 5.32 Å². The van der Waals surface area contributed by atoms with Crippen LogP contribution in [0, 0.1) is 5.92 Å². The third kappa shape index (κ3) is 7.78. The molecule has 23 heavy (non-hydrogen) atoms. The molecule has 0 fully saturated rings. The topological polar surface area (TPSA) is 92.7 Å². The summed E-state index contributed by atoms with van der Waals surface area (Å²) in [5, 5.41) is 11.2. The van der Waals surface area contributed by atoms with Crippen molar-refractivity contribution >= 4 is 39.5 Å². The molecule has 0 unspecified atom stereocenters. The van der Waals surface area contributed by atoms with Crippen LogP contribution in [-0.2, 0) is 14.3 Å². The Hall–Kier alpha value is -1.89. The Morgan fingerprint density at radius 1 is 1.17 bits per heavy atom. The van der Waals surface area contributed by atoms with Gasteiger partial charge in [-0.15, -0.1) is 0 Å². The first-order chi connectivity index (χ1) is 10.8. The third-order valence-corrected chi connectivity index (χ3v) is 3.50. The van der Waals surface area contributed by atoms with Gasteiger partial charge < -0.3 is 9.84 Å². The van der Waals surface area contributed by atoms with Crippen LogP contribution in [0.3, 0.4) is 0 Å². The van der Waals surface area contributed by atoms with Crippen molar-refractivity contribution in [3.05, 3.63) is 28.7 Å². The number of ketones is 1. The molecule has 1 aromatic rings. The molecule has 6 nitrogen and oxygen atoms in total. The van der Waals surface area contributed by atoms with Crippen LogP contribution in [0.25, 0.3) is 0 Å². The molecule has 0 saturated heterocycles. The molecular formula is C16H20BrNO5. The number of carbonyl (C=O) groups excluding carboxylic acids is 2. The number of hydrogen-bond donors (Lipinski definition) is 2. The fourth-order valence-corrected chi connectivity index (χ4v) is 2.14. The summed E-state index contributed by atoms with van der Waals surface area (Å²) in [5.41, 5.74) is 0.541. The predicted molar refractivity (Wildman–Crippen MR) is 89.4 cm³/mol. The Kier molecular flexibility index (Phi) is 7.74. The number of Topliss-reactive ketones (excluding diaryl/α,β-unsaturated/α-hetero) is 1. The van der Waals surface area contributed by atoms with Gasteiger partial charge >= 0.3 is 12.1 Å². The summed E-state index contributed by atoms with van der Waals surface area (Å²) in [7, 11) is 0. The van der Waals surface area contributed by atoms with E-state index in [4.69, 9.17) is 9.84 Å². The lowest BCUT2D eigenvalue weighted by atomic mass is 10.0. The number of ether oxygens (including phenoxy) is 1. The number of carboxylic acids is 1. The van der Waals surface area contributed by atoms with Crippen LogP contribution < -0.4 is 5.32 Å². The van der Waals surface area contributed by atoms with Crippen molar-refractivity contribution in [1.82, 2.24) is 0 Å². The van der Waals surface area contributed by atoms with E-state index in [-0.39, 0.29) is 24.5 Å². The molecule has 0 saturated carbocycles. The van der Waals surface area contributed by atoms with Crippen molar-refractivity contribution in [2.45, 2.75) is 39.2 Å². The molecule has 1 aromatic carbocycles. The number of halogens is 1. The maximum absolute atomic E-state index is 12.0. The van der Waals surface area contributed by atoms with Crippen molar-refractivity contribution in [1.29, 1.82) is 0 Å². The summed E-state index contributed by atoms with van der Waals surface area (Å²) >= 11 is 3.29. The maximum Gasteiger partial charge on any atom is 0.412 e. The van der Waals surface area contributed by atoms with E-state index in [0.717, 1.165) is 4.47 Å². The maximum atomic E-state index is 12.0. The molecule has 0 aliphatic heterocycles. The summed E-state index contributed by atoms with van der Waals surface area (Å²) < 4.78 is 6.06. The fraction of sp³-hybridized carbons (Fsp3) is 0.438. The SMILES string of the molecule is CC(C)C[C@H](OC(=O)Nc1ccc(Br)cc1)C(=O)CCC(=O)O. The molecule has 0 aliphatic carbocycles. The minimum absolute atomic E-state index is 0.134. The van der Waals surface area contributed by atoms with E-state index in [0.29, 0.717) is 12.1 Å². The lowest BCUT2D eigenvalue weighted by molar-refractivity contribution is -0.139. The summed E-state index contributed by atoms with van der Waals surface area (Å²) in [6.07, 6.45) is -1.75. The van der Waals surface area contributed by atoms with Gasteiger partial charge in [0.15, 0.2) is 11.9 Å². The predicted octanol–water partition coefficient (Wildman–Crippen LogP) is 3.85. The average molecular weight is 386 g/mol. The van der Waals surface area contributed by atoms with Gasteiger partial charge in [0.2, 0.25) is 0 Å². The van der Waals surface area contributed by atoms with Gasteiger partial charge in [-0.1, -0.05) is 29.8 Å². The summed E-state index contributed by atoms with van der Waals surface area (Å²) in [4.78, 5) is 34.5. The van der Waals surface area contributed by atoms with Crippen LogP contribution in [0.15, 0.2) is 28.7 Å². The molecular weight excluding hydrogens is 366 g/mol. The van der Waals surface area contributed by atoms with Gasteiger partial charge in [0.25, 0.3) is 0 Å². The monoisotopic (exact) mass is 385 g/mol. The third-order valence-electron chi connectivity index (χ3n) is 2.97. The molecule has 0 spiro atoms. The van der Waals surface area contributed by atoms with Gasteiger partial charge in [-0.3, -0.25) is 14.9 Å². The highest BCUT2D eigenvalue weighted by atomic mass is 79.9. The smallest absolute Gasteiger partial charge is 0.412 e. The molecule has 1 rings (SSSR count). The van der Waals surface area contributed by atoms with Crippen molar-refractivity contribution in [3.8, 4) is 0 Å². The first kappa shape index (κ1) is 19.2. The Balaban J connectivity index is 2.64. The van der Waals surface area contributed by atoms with Crippen LogP contribution in [-0.4, -0.2) is 29.1 Å². The van der Waals surface area contributed by atoms with Crippen LogP contribution in [0.1, 0.15) is 33.1 Å². The second kappa shape index (κ2) is 9.29.